The van der Waals surface area contributed by atoms with E-state index < -0.39 is 33.0 Å². The lowest BCUT2D eigenvalue weighted by Gasteiger charge is -2.29. The van der Waals surface area contributed by atoms with E-state index in [4.69, 9.17) is 16.0 Å². The highest BCUT2D eigenvalue weighted by molar-refractivity contribution is 7.88. The van der Waals surface area contributed by atoms with Crippen molar-refractivity contribution in [3.05, 3.63) is 80.1 Å². The van der Waals surface area contributed by atoms with Crippen LogP contribution in [-0.4, -0.2) is 38.3 Å². The number of aryl methyl sites for hydroxylation is 1. The molecule has 9 nitrogen and oxygen atoms in total. The molecule has 1 N–H and O–H groups in total. The molecule has 4 aromatic rings. The average Bonchev–Trinajstić information content (AvgIpc) is 2.99. The van der Waals surface area contributed by atoms with Crippen LogP contribution in [0.5, 0.6) is 5.75 Å². The van der Waals surface area contributed by atoms with Gasteiger partial charge >= 0.3 is 15.6 Å². The number of nitrogens with zero attached hydrogens (tertiary/aromatic N) is 2. The Labute approximate surface area is 262 Å². The van der Waals surface area contributed by atoms with Gasteiger partial charge in [0.25, 0.3) is 0 Å². The summed E-state index contributed by atoms with van der Waals surface area (Å²) in [5.41, 5.74) is -2.80. The number of halogens is 4. The molecule has 0 aliphatic carbocycles. The van der Waals surface area contributed by atoms with Crippen molar-refractivity contribution in [1.82, 2.24) is 4.98 Å². The van der Waals surface area contributed by atoms with Gasteiger partial charge in [-0.3, -0.25) is 9.59 Å². The Kier molecular flexibility index (Phi) is 8.87. The summed E-state index contributed by atoms with van der Waals surface area (Å²) in [6, 6.07) is 9.76. The Balaban J connectivity index is 1.55. The zero-order valence-electron chi connectivity index (χ0n) is 24.5. The van der Waals surface area contributed by atoms with E-state index in [-0.39, 0.29) is 28.1 Å². The summed E-state index contributed by atoms with van der Waals surface area (Å²) in [6.07, 6.45) is 3.30. The quantitative estimate of drug-likeness (QED) is 0.0894. The van der Waals surface area contributed by atoms with Crippen LogP contribution in [0.2, 0.25) is 5.15 Å². The van der Waals surface area contributed by atoms with Crippen LogP contribution in [0.3, 0.4) is 0 Å². The molecule has 1 aliphatic rings. The second-order valence-electron chi connectivity index (χ2n) is 10.9. The molecular formula is C31H29ClF3N3O6S. The van der Waals surface area contributed by atoms with E-state index in [1.54, 1.807) is 19.1 Å². The van der Waals surface area contributed by atoms with Crippen molar-refractivity contribution in [2.24, 2.45) is 0 Å². The molecule has 1 saturated heterocycles. The number of aromatic nitrogens is 1. The smallest absolute Gasteiger partial charge is 0.440 e. The third-order valence-corrected chi connectivity index (χ3v) is 8.78. The fraction of sp³-hybridized carbons (Fsp3) is 0.323. The number of hydrogen-bond acceptors (Lipinski definition) is 9. The zero-order valence-corrected chi connectivity index (χ0v) is 26.1. The van der Waals surface area contributed by atoms with Crippen LogP contribution in [0.15, 0.2) is 51.7 Å². The molecule has 1 fully saturated rings. The predicted molar refractivity (Wildman–Crippen MR) is 166 cm³/mol. The molecule has 5 rings (SSSR count). The van der Waals surface area contributed by atoms with E-state index in [0.29, 0.717) is 33.7 Å². The number of hydrogen-bond donors (Lipinski definition) is 1. The molecular weight excluding hydrogens is 635 g/mol. The maximum absolute atomic E-state index is 13.5. The number of nitrogens with one attached hydrogen (secondary N) is 1. The van der Waals surface area contributed by atoms with Gasteiger partial charge in [-0.15, -0.1) is 0 Å². The van der Waals surface area contributed by atoms with Crippen molar-refractivity contribution < 1.29 is 35.0 Å². The highest BCUT2D eigenvalue weighted by Gasteiger charge is 2.48. The monoisotopic (exact) mass is 663 g/mol. The van der Waals surface area contributed by atoms with Crippen LogP contribution < -0.4 is 19.8 Å². The zero-order chi connectivity index (χ0) is 32.7. The Bertz CT molecular complexity index is 1960. The number of fused-ring (bicyclic) bond motifs is 1. The van der Waals surface area contributed by atoms with Gasteiger partial charge in [-0.25, -0.2) is 4.98 Å². The molecule has 238 valence electrons. The van der Waals surface area contributed by atoms with Gasteiger partial charge in [-0.2, -0.15) is 21.6 Å². The highest BCUT2D eigenvalue weighted by Crippen LogP contribution is 2.37. The van der Waals surface area contributed by atoms with Gasteiger partial charge in [-0.05, 0) is 82.0 Å². The predicted octanol–water partition coefficient (Wildman–Crippen LogP) is 7.33. The van der Waals surface area contributed by atoms with Crippen molar-refractivity contribution in [3.63, 3.8) is 0 Å². The first-order chi connectivity index (χ1) is 21.2. The second-order valence-corrected chi connectivity index (χ2v) is 12.8. The Morgan fingerprint density at radius 3 is 2.47 bits per heavy atom. The van der Waals surface area contributed by atoms with Gasteiger partial charge in [0.1, 0.15) is 10.7 Å². The minimum absolute atomic E-state index is 0.0875. The van der Waals surface area contributed by atoms with Crippen molar-refractivity contribution in [2.45, 2.75) is 51.6 Å². The molecule has 1 unspecified atom stereocenters. The van der Waals surface area contributed by atoms with Gasteiger partial charge in [0.15, 0.2) is 17.5 Å². The molecule has 2 aromatic carbocycles. The number of carbonyl (C=O) groups excluding carboxylic acids is 1. The number of pyridine rings is 1. The molecule has 45 heavy (non-hydrogen) atoms. The fourth-order valence-corrected chi connectivity index (χ4v) is 6.02. The molecule has 0 saturated carbocycles. The number of aldehydes is 1. The van der Waals surface area contributed by atoms with Crippen LogP contribution in [0.1, 0.15) is 59.3 Å². The first kappa shape index (κ1) is 32.3. The Hall–Kier alpha value is -4.10. The minimum atomic E-state index is -6.00. The maximum atomic E-state index is 13.5. The first-order valence-electron chi connectivity index (χ1n) is 14.1. The summed E-state index contributed by atoms with van der Waals surface area (Å²) in [5, 5.41) is 3.89. The van der Waals surface area contributed by atoms with Crippen LogP contribution >= 0.6 is 11.6 Å². The summed E-state index contributed by atoms with van der Waals surface area (Å²) in [4.78, 5) is 31.7. The summed E-state index contributed by atoms with van der Waals surface area (Å²) >= 11 is 6.19. The molecule has 1 aliphatic heterocycles. The van der Waals surface area contributed by atoms with Gasteiger partial charge in [0, 0.05) is 24.2 Å². The summed E-state index contributed by atoms with van der Waals surface area (Å²) in [6.45, 7) is 7.09. The molecule has 0 spiro atoms. The van der Waals surface area contributed by atoms with Crippen molar-refractivity contribution in [3.8, 4) is 17.0 Å². The van der Waals surface area contributed by atoms with Gasteiger partial charge < -0.3 is 18.8 Å². The summed E-state index contributed by atoms with van der Waals surface area (Å²) < 4.78 is 72.4. The third kappa shape index (κ3) is 6.50. The number of benzene rings is 2. The molecule has 1 atom stereocenters. The maximum Gasteiger partial charge on any atom is 0.534 e. The lowest BCUT2D eigenvalue weighted by molar-refractivity contribution is -0.0500. The number of rotatable bonds is 8. The Morgan fingerprint density at radius 1 is 1.09 bits per heavy atom. The van der Waals surface area contributed by atoms with Crippen LogP contribution in [0.25, 0.3) is 22.2 Å². The van der Waals surface area contributed by atoms with Crippen molar-refractivity contribution >= 4 is 50.5 Å². The fourth-order valence-electron chi connectivity index (χ4n) is 5.39. The van der Waals surface area contributed by atoms with E-state index in [9.17, 15) is 31.2 Å². The van der Waals surface area contributed by atoms with E-state index in [1.807, 2.05) is 19.9 Å². The standard InChI is InChI=1S/C31H29ClF3N3O6S/c1-17-13-22(29-23(14-17)28(40)18(2)30(43-29)38-11-5-4-6-12-38)19(3)36-24-8-10-26(32)37-27(24)20-7-9-25(21(15-20)16-39)44-45(41,42)31(33,34)35/h7-10,13-16,19,36H,4-6,11-12H2,1-3H3. The number of anilines is 2. The topological polar surface area (TPSA) is 119 Å². The van der Waals surface area contributed by atoms with E-state index in [1.165, 1.54) is 12.1 Å². The molecule has 0 bridgehead atoms. The molecule has 14 heteroatoms. The number of piperidine rings is 1. The molecule has 2 aromatic heterocycles. The molecule has 0 radical (unpaired) electrons. The minimum Gasteiger partial charge on any atom is -0.440 e. The average molecular weight is 664 g/mol. The summed E-state index contributed by atoms with van der Waals surface area (Å²) in [5.74, 6) is -0.244. The highest BCUT2D eigenvalue weighted by atomic mass is 35.5. The van der Waals surface area contributed by atoms with Crippen LogP contribution in [-0.2, 0) is 10.1 Å². The van der Waals surface area contributed by atoms with Crippen molar-refractivity contribution in [1.29, 1.82) is 0 Å². The van der Waals surface area contributed by atoms with E-state index in [2.05, 4.69) is 19.4 Å². The van der Waals surface area contributed by atoms with Gasteiger partial charge in [0.2, 0.25) is 5.88 Å². The van der Waals surface area contributed by atoms with Crippen LogP contribution in [0.4, 0.5) is 24.7 Å². The van der Waals surface area contributed by atoms with Gasteiger partial charge in [0.05, 0.1) is 33.9 Å². The Morgan fingerprint density at radius 2 is 1.80 bits per heavy atom. The third-order valence-electron chi connectivity index (χ3n) is 7.60. The van der Waals surface area contributed by atoms with E-state index in [0.717, 1.165) is 50.0 Å². The van der Waals surface area contributed by atoms with Crippen LogP contribution in [0, 0.1) is 13.8 Å². The normalized spacial score (nSPS) is 14.8. The SMILES string of the molecule is Cc1cc(C(C)Nc2ccc(Cl)nc2-c2ccc(OS(=O)(=O)C(F)(F)F)c(C=O)c2)c2oc(N3CCCCC3)c(C)c(=O)c2c1. The largest absolute Gasteiger partial charge is 0.534 e. The van der Waals surface area contributed by atoms with E-state index >= 15 is 0 Å². The first-order valence-corrected chi connectivity index (χ1v) is 15.8. The molecule has 0 amide bonds. The lowest BCUT2D eigenvalue weighted by Crippen LogP contribution is -2.31. The molecule has 3 heterocycles. The number of carbonyl (C=O) groups is 1. The number of alkyl halides is 3. The summed E-state index contributed by atoms with van der Waals surface area (Å²) in [7, 11) is -6.00. The second kappa shape index (κ2) is 12.4. The van der Waals surface area contributed by atoms with Gasteiger partial charge in [-0.1, -0.05) is 17.7 Å². The van der Waals surface area contributed by atoms with Crippen molar-refractivity contribution in [2.75, 3.05) is 23.3 Å². The lowest BCUT2D eigenvalue weighted by atomic mass is 9.99.